The fraction of sp³-hybridized carbons (Fsp3) is 0.350. The number of hydrazone groups is 1. The predicted molar refractivity (Wildman–Crippen MR) is 101 cm³/mol. The number of para-hydroxylation sites is 1. The predicted octanol–water partition coefficient (Wildman–Crippen LogP) is 2.53. The second-order valence-electron chi connectivity index (χ2n) is 6.60. The number of hydrogen-bond donors (Lipinski definition) is 1. The highest BCUT2D eigenvalue weighted by molar-refractivity contribution is 6.06. The number of nitrogens with zero attached hydrogens (tertiary/aromatic N) is 2. The van der Waals surface area contributed by atoms with Crippen molar-refractivity contribution in [1.29, 1.82) is 0 Å². The zero-order valence-electron chi connectivity index (χ0n) is 15.7. The van der Waals surface area contributed by atoms with Gasteiger partial charge in [-0.05, 0) is 31.9 Å². The van der Waals surface area contributed by atoms with E-state index < -0.39 is 0 Å². The Morgan fingerprint density at radius 3 is 2.67 bits per heavy atom. The Balaban J connectivity index is 1.71. The molecular formula is C20H23N3O4. The minimum absolute atomic E-state index is 0.123. The summed E-state index contributed by atoms with van der Waals surface area (Å²) in [6.45, 7) is 1.72. The Bertz CT molecular complexity index is 869. The molecule has 1 N–H and O–H groups in total. The Labute approximate surface area is 158 Å². The lowest BCUT2D eigenvalue weighted by Gasteiger charge is -2.13. The summed E-state index contributed by atoms with van der Waals surface area (Å²) in [6, 6.07) is 9.12. The van der Waals surface area contributed by atoms with E-state index >= 15 is 0 Å². The maximum atomic E-state index is 12.3. The van der Waals surface area contributed by atoms with E-state index in [2.05, 4.69) is 10.5 Å². The molecule has 0 unspecified atom stereocenters. The van der Waals surface area contributed by atoms with Crippen molar-refractivity contribution in [3.05, 3.63) is 53.0 Å². The van der Waals surface area contributed by atoms with Crippen molar-refractivity contribution < 1.29 is 18.7 Å². The number of aryl methyl sites for hydroxylation is 1. The number of hydrogen-bond acceptors (Lipinski definition) is 5. The van der Waals surface area contributed by atoms with Crippen LogP contribution in [0.5, 0.6) is 5.75 Å². The Morgan fingerprint density at radius 1 is 1.22 bits per heavy atom. The van der Waals surface area contributed by atoms with Gasteiger partial charge in [-0.2, -0.15) is 5.10 Å². The van der Waals surface area contributed by atoms with E-state index in [9.17, 15) is 9.59 Å². The number of amides is 2. The molecule has 0 radical (unpaired) electrons. The molecule has 0 saturated carbocycles. The third-order valence-electron chi connectivity index (χ3n) is 4.35. The van der Waals surface area contributed by atoms with Gasteiger partial charge in [0.15, 0.2) is 12.4 Å². The van der Waals surface area contributed by atoms with Crippen LogP contribution in [0.4, 0.5) is 0 Å². The summed E-state index contributed by atoms with van der Waals surface area (Å²) in [5, 5.41) is 4.27. The van der Waals surface area contributed by atoms with E-state index in [-0.39, 0.29) is 18.4 Å². The van der Waals surface area contributed by atoms with E-state index in [4.69, 9.17) is 9.15 Å². The SMILES string of the molecule is Cc1c(C(=O)N(C)C)oc2c1/C(=N/NC(=O)COc1ccccc1)CCC2. The lowest BCUT2D eigenvalue weighted by atomic mass is 9.93. The van der Waals surface area contributed by atoms with Crippen molar-refractivity contribution in [3.63, 3.8) is 0 Å². The molecule has 0 atom stereocenters. The highest BCUT2D eigenvalue weighted by atomic mass is 16.5. The van der Waals surface area contributed by atoms with Crippen molar-refractivity contribution in [1.82, 2.24) is 10.3 Å². The molecule has 1 aromatic carbocycles. The number of benzene rings is 1. The minimum atomic E-state index is -0.343. The summed E-state index contributed by atoms with van der Waals surface area (Å²) in [4.78, 5) is 25.8. The van der Waals surface area contributed by atoms with Crippen molar-refractivity contribution in [2.24, 2.45) is 5.10 Å². The molecule has 2 amide bonds. The average molecular weight is 369 g/mol. The van der Waals surface area contributed by atoms with Crippen LogP contribution in [0, 0.1) is 6.92 Å². The van der Waals surface area contributed by atoms with Crippen LogP contribution < -0.4 is 10.2 Å². The Hall–Kier alpha value is -3.09. The Kier molecular flexibility index (Phi) is 5.59. The molecule has 142 valence electrons. The van der Waals surface area contributed by atoms with Gasteiger partial charge >= 0.3 is 0 Å². The first-order chi connectivity index (χ1) is 13.0. The van der Waals surface area contributed by atoms with Crippen LogP contribution in [0.3, 0.4) is 0 Å². The van der Waals surface area contributed by atoms with Gasteiger partial charge in [-0.25, -0.2) is 5.43 Å². The molecule has 0 aliphatic heterocycles. The molecule has 0 spiro atoms. The standard InChI is InChI=1S/C20H23N3O4/c1-13-18-15(10-7-11-16(18)27-19(13)20(25)23(2)3)21-22-17(24)12-26-14-8-5-4-6-9-14/h4-6,8-9H,7,10-12H2,1-3H3,(H,22,24)/b21-15+. The molecule has 1 aliphatic carbocycles. The molecule has 7 nitrogen and oxygen atoms in total. The number of furan rings is 1. The van der Waals surface area contributed by atoms with Gasteiger partial charge in [-0.15, -0.1) is 0 Å². The summed E-state index contributed by atoms with van der Waals surface area (Å²) in [5.41, 5.74) is 4.85. The normalized spacial score (nSPS) is 14.6. The van der Waals surface area contributed by atoms with E-state index in [0.717, 1.165) is 35.4 Å². The molecule has 2 aromatic rings. The summed E-state index contributed by atoms with van der Waals surface area (Å²) in [6.07, 6.45) is 2.31. The quantitative estimate of drug-likeness (QED) is 0.821. The van der Waals surface area contributed by atoms with Crippen molar-refractivity contribution in [3.8, 4) is 5.75 Å². The Morgan fingerprint density at radius 2 is 1.96 bits per heavy atom. The van der Waals surface area contributed by atoms with Crippen LogP contribution >= 0.6 is 0 Å². The molecule has 3 rings (SSSR count). The van der Waals surface area contributed by atoms with Gasteiger partial charge in [0.2, 0.25) is 0 Å². The highest BCUT2D eigenvalue weighted by Gasteiger charge is 2.28. The fourth-order valence-corrected chi connectivity index (χ4v) is 3.01. The summed E-state index contributed by atoms with van der Waals surface area (Å²) >= 11 is 0. The van der Waals surface area contributed by atoms with Crippen LogP contribution in [0.15, 0.2) is 39.9 Å². The zero-order chi connectivity index (χ0) is 19.4. The zero-order valence-corrected chi connectivity index (χ0v) is 15.7. The van der Waals surface area contributed by atoms with Gasteiger partial charge in [0, 0.05) is 31.6 Å². The van der Waals surface area contributed by atoms with Crippen molar-refractivity contribution >= 4 is 17.5 Å². The topological polar surface area (TPSA) is 84.1 Å². The van der Waals surface area contributed by atoms with E-state index in [1.807, 2.05) is 25.1 Å². The molecule has 0 saturated heterocycles. The van der Waals surface area contributed by atoms with Gasteiger partial charge in [-0.3, -0.25) is 9.59 Å². The largest absolute Gasteiger partial charge is 0.484 e. The van der Waals surface area contributed by atoms with Gasteiger partial charge in [0.05, 0.1) is 5.71 Å². The summed E-state index contributed by atoms with van der Waals surface area (Å²) in [7, 11) is 3.37. The van der Waals surface area contributed by atoms with Gasteiger partial charge < -0.3 is 14.1 Å². The van der Waals surface area contributed by atoms with E-state index in [1.165, 1.54) is 4.90 Å². The van der Waals surface area contributed by atoms with Crippen LogP contribution in [0.25, 0.3) is 0 Å². The highest BCUT2D eigenvalue weighted by Crippen LogP contribution is 2.30. The molecule has 7 heteroatoms. The first-order valence-corrected chi connectivity index (χ1v) is 8.85. The first kappa shape index (κ1) is 18.7. The smallest absolute Gasteiger partial charge is 0.289 e. The van der Waals surface area contributed by atoms with E-state index in [0.29, 0.717) is 17.9 Å². The number of fused-ring (bicyclic) bond motifs is 1. The third-order valence-corrected chi connectivity index (χ3v) is 4.35. The third kappa shape index (κ3) is 4.19. The fourth-order valence-electron chi connectivity index (χ4n) is 3.01. The molecule has 1 heterocycles. The minimum Gasteiger partial charge on any atom is -0.484 e. The second-order valence-corrected chi connectivity index (χ2v) is 6.60. The monoisotopic (exact) mass is 369 g/mol. The first-order valence-electron chi connectivity index (χ1n) is 8.85. The van der Waals surface area contributed by atoms with Gasteiger partial charge in [0.1, 0.15) is 11.5 Å². The maximum absolute atomic E-state index is 12.3. The van der Waals surface area contributed by atoms with Crippen molar-refractivity contribution in [2.45, 2.75) is 26.2 Å². The lowest BCUT2D eigenvalue weighted by Crippen LogP contribution is -2.27. The molecule has 1 aliphatic rings. The number of nitrogens with one attached hydrogen (secondary N) is 1. The van der Waals surface area contributed by atoms with Crippen LogP contribution in [0.2, 0.25) is 0 Å². The summed E-state index contributed by atoms with van der Waals surface area (Å²) in [5.74, 6) is 1.18. The average Bonchev–Trinajstić information content (AvgIpc) is 3.02. The maximum Gasteiger partial charge on any atom is 0.289 e. The van der Waals surface area contributed by atoms with Gasteiger partial charge in [0.25, 0.3) is 11.8 Å². The molecule has 1 aromatic heterocycles. The molecular weight excluding hydrogens is 346 g/mol. The van der Waals surface area contributed by atoms with Crippen LogP contribution in [-0.2, 0) is 11.2 Å². The van der Waals surface area contributed by atoms with Crippen molar-refractivity contribution in [2.75, 3.05) is 20.7 Å². The number of rotatable bonds is 5. The summed E-state index contributed by atoms with van der Waals surface area (Å²) < 4.78 is 11.2. The number of carbonyl (C=O) groups excluding carboxylic acids is 2. The molecule has 0 fully saturated rings. The van der Waals surface area contributed by atoms with E-state index in [1.54, 1.807) is 26.2 Å². The van der Waals surface area contributed by atoms with Crippen LogP contribution in [-0.4, -0.2) is 43.1 Å². The van der Waals surface area contributed by atoms with Crippen LogP contribution in [0.1, 0.15) is 40.3 Å². The lowest BCUT2D eigenvalue weighted by molar-refractivity contribution is -0.123. The number of carbonyl (C=O) groups is 2. The number of ether oxygens (including phenoxy) is 1. The molecule has 27 heavy (non-hydrogen) atoms. The molecule has 0 bridgehead atoms. The van der Waals surface area contributed by atoms with Gasteiger partial charge in [-0.1, -0.05) is 18.2 Å². The second kappa shape index (κ2) is 8.07.